The molecule has 1 saturated heterocycles. The molecule has 3 N–H and O–H groups in total. The third-order valence-corrected chi connectivity index (χ3v) is 4.98. The first-order valence-corrected chi connectivity index (χ1v) is 9.10. The van der Waals surface area contributed by atoms with Gasteiger partial charge in [-0.25, -0.2) is 0 Å². The van der Waals surface area contributed by atoms with Crippen LogP contribution < -0.4 is 10.6 Å². The second-order valence-electron chi connectivity index (χ2n) is 6.77. The van der Waals surface area contributed by atoms with E-state index in [4.69, 9.17) is 0 Å². The first-order valence-electron chi connectivity index (χ1n) is 9.10. The Kier molecular flexibility index (Phi) is 7.82. The fraction of sp³-hybridized carbons (Fsp3) is 0.882. The highest BCUT2D eigenvalue weighted by Gasteiger charge is 2.21. The Morgan fingerprint density at radius 1 is 1.00 bits per heavy atom. The Morgan fingerprint density at radius 3 is 2.43 bits per heavy atom. The smallest absolute Gasteiger partial charge is 0.220 e. The van der Waals surface area contributed by atoms with Gasteiger partial charge < -0.3 is 15.7 Å². The summed E-state index contributed by atoms with van der Waals surface area (Å²) < 4.78 is 0. The molecule has 0 aromatic rings. The predicted octanol–water partition coefficient (Wildman–Crippen LogP) is 0.788. The second kappa shape index (κ2) is 9.88. The van der Waals surface area contributed by atoms with Crippen molar-refractivity contribution in [1.82, 2.24) is 15.5 Å². The zero-order valence-corrected chi connectivity index (χ0v) is 14.1. The fourth-order valence-electron chi connectivity index (χ4n) is 3.59. The number of nitrogens with one attached hydrogen (secondary N) is 2. The minimum Gasteiger partial charge on any atom is -0.395 e. The van der Waals surface area contributed by atoms with Crippen molar-refractivity contribution in [3.05, 3.63) is 0 Å². The highest BCUT2D eigenvalue weighted by atomic mass is 16.3. The van der Waals surface area contributed by atoms with Crippen LogP contribution in [0.1, 0.15) is 57.8 Å². The van der Waals surface area contributed by atoms with Gasteiger partial charge in [0.15, 0.2) is 0 Å². The summed E-state index contributed by atoms with van der Waals surface area (Å²) in [4.78, 5) is 25.8. The number of amides is 2. The van der Waals surface area contributed by atoms with E-state index in [1.807, 2.05) is 0 Å². The first kappa shape index (κ1) is 18.2. The van der Waals surface area contributed by atoms with Crippen molar-refractivity contribution in [2.75, 3.05) is 26.2 Å². The van der Waals surface area contributed by atoms with Crippen molar-refractivity contribution in [1.29, 1.82) is 0 Å². The molecule has 132 valence electrons. The second-order valence-corrected chi connectivity index (χ2v) is 6.77. The lowest BCUT2D eigenvalue weighted by atomic mass is 10.0. The van der Waals surface area contributed by atoms with Crippen LogP contribution in [0.3, 0.4) is 0 Å². The van der Waals surface area contributed by atoms with Crippen LogP contribution in [0.2, 0.25) is 0 Å². The van der Waals surface area contributed by atoms with Crippen molar-refractivity contribution >= 4 is 11.8 Å². The van der Waals surface area contributed by atoms with Crippen LogP contribution in [0.15, 0.2) is 0 Å². The van der Waals surface area contributed by atoms with E-state index >= 15 is 0 Å². The van der Waals surface area contributed by atoms with Crippen molar-refractivity contribution in [2.24, 2.45) is 0 Å². The number of piperidine rings is 1. The molecule has 2 fully saturated rings. The lowest BCUT2D eigenvalue weighted by Gasteiger charge is -2.34. The molecule has 0 aromatic heterocycles. The molecule has 0 bridgehead atoms. The van der Waals surface area contributed by atoms with E-state index in [2.05, 4.69) is 15.5 Å². The number of hydrogen-bond acceptors (Lipinski definition) is 4. The SMILES string of the molecule is O=C(CCC(=O)NC1CCCC1)NCCN1CCCCC1CO. The molecule has 1 aliphatic heterocycles. The third kappa shape index (κ3) is 6.47. The predicted molar refractivity (Wildman–Crippen MR) is 88.9 cm³/mol. The molecule has 2 rings (SSSR count). The molecule has 0 radical (unpaired) electrons. The molecule has 1 saturated carbocycles. The Balaban J connectivity index is 1.54. The number of carbonyl (C=O) groups excluding carboxylic acids is 2. The highest BCUT2D eigenvalue weighted by molar-refractivity contribution is 5.83. The van der Waals surface area contributed by atoms with Gasteiger partial charge in [-0.05, 0) is 32.2 Å². The van der Waals surface area contributed by atoms with Gasteiger partial charge in [0, 0.05) is 38.0 Å². The fourth-order valence-corrected chi connectivity index (χ4v) is 3.59. The van der Waals surface area contributed by atoms with E-state index in [0.29, 0.717) is 12.6 Å². The van der Waals surface area contributed by atoms with Crippen LogP contribution in [0, 0.1) is 0 Å². The summed E-state index contributed by atoms with van der Waals surface area (Å²) in [6.07, 6.45) is 8.40. The van der Waals surface area contributed by atoms with Gasteiger partial charge in [0.1, 0.15) is 0 Å². The summed E-state index contributed by atoms with van der Waals surface area (Å²) in [6, 6.07) is 0.554. The average Bonchev–Trinajstić information content (AvgIpc) is 3.06. The van der Waals surface area contributed by atoms with Gasteiger partial charge in [0.25, 0.3) is 0 Å². The maximum Gasteiger partial charge on any atom is 0.220 e. The standard InChI is InChI=1S/C17H31N3O3/c21-13-15-7-3-4-11-20(15)12-10-18-16(22)8-9-17(23)19-14-5-1-2-6-14/h14-15,21H,1-13H2,(H,18,22)(H,19,23). The first-order chi connectivity index (χ1) is 11.2. The third-order valence-electron chi connectivity index (χ3n) is 4.98. The van der Waals surface area contributed by atoms with E-state index in [1.54, 1.807) is 0 Å². The summed E-state index contributed by atoms with van der Waals surface area (Å²) in [5.74, 6) is -0.0763. The van der Waals surface area contributed by atoms with E-state index in [9.17, 15) is 14.7 Å². The van der Waals surface area contributed by atoms with Gasteiger partial charge >= 0.3 is 0 Å². The highest BCUT2D eigenvalue weighted by Crippen LogP contribution is 2.17. The van der Waals surface area contributed by atoms with Crippen molar-refractivity contribution in [3.8, 4) is 0 Å². The van der Waals surface area contributed by atoms with Crippen molar-refractivity contribution in [3.63, 3.8) is 0 Å². The van der Waals surface area contributed by atoms with Crippen molar-refractivity contribution in [2.45, 2.75) is 69.9 Å². The lowest BCUT2D eigenvalue weighted by molar-refractivity contribution is -0.126. The molecule has 6 nitrogen and oxygen atoms in total. The molecule has 23 heavy (non-hydrogen) atoms. The van der Waals surface area contributed by atoms with Crippen LogP contribution in [0.4, 0.5) is 0 Å². The zero-order chi connectivity index (χ0) is 16.5. The lowest BCUT2D eigenvalue weighted by Crippen LogP contribution is -2.45. The maximum absolute atomic E-state index is 11.8. The van der Waals surface area contributed by atoms with Gasteiger partial charge in [0.2, 0.25) is 11.8 Å². The molecular formula is C17H31N3O3. The van der Waals surface area contributed by atoms with Crippen LogP contribution in [-0.4, -0.2) is 60.1 Å². The van der Waals surface area contributed by atoms with Crippen LogP contribution in [0.25, 0.3) is 0 Å². The average molecular weight is 325 g/mol. The molecule has 6 heteroatoms. The van der Waals surface area contributed by atoms with Gasteiger partial charge in [-0.2, -0.15) is 0 Å². The molecule has 1 aliphatic carbocycles. The van der Waals surface area contributed by atoms with E-state index in [1.165, 1.54) is 19.3 Å². The Hall–Kier alpha value is -1.14. The molecule has 1 unspecified atom stereocenters. The van der Waals surface area contributed by atoms with Gasteiger partial charge in [-0.3, -0.25) is 14.5 Å². The molecule has 1 atom stereocenters. The van der Waals surface area contributed by atoms with Crippen LogP contribution >= 0.6 is 0 Å². The van der Waals surface area contributed by atoms with E-state index in [-0.39, 0.29) is 37.3 Å². The largest absolute Gasteiger partial charge is 0.395 e. The summed E-state index contributed by atoms with van der Waals surface area (Å²) >= 11 is 0. The number of hydrogen-bond donors (Lipinski definition) is 3. The number of aliphatic hydroxyl groups is 1. The van der Waals surface area contributed by atoms with Crippen molar-refractivity contribution < 1.29 is 14.7 Å². The minimum absolute atomic E-state index is 0.0107. The minimum atomic E-state index is -0.0656. The number of nitrogens with zero attached hydrogens (tertiary/aromatic N) is 1. The number of carbonyl (C=O) groups is 2. The molecule has 2 aliphatic rings. The number of aliphatic hydroxyl groups excluding tert-OH is 1. The Labute approximate surface area is 139 Å². The molecular weight excluding hydrogens is 294 g/mol. The van der Waals surface area contributed by atoms with Crippen LogP contribution in [-0.2, 0) is 9.59 Å². The van der Waals surface area contributed by atoms with E-state index in [0.717, 1.165) is 38.8 Å². The Bertz CT molecular complexity index is 383. The molecule has 1 heterocycles. The number of rotatable bonds is 8. The molecule has 0 spiro atoms. The quantitative estimate of drug-likeness (QED) is 0.616. The van der Waals surface area contributed by atoms with Gasteiger partial charge in [-0.1, -0.05) is 19.3 Å². The Morgan fingerprint density at radius 2 is 1.70 bits per heavy atom. The monoisotopic (exact) mass is 325 g/mol. The molecule has 0 aromatic carbocycles. The summed E-state index contributed by atoms with van der Waals surface area (Å²) in [5.41, 5.74) is 0. The summed E-state index contributed by atoms with van der Waals surface area (Å²) in [6.45, 7) is 2.53. The van der Waals surface area contributed by atoms with E-state index < -0.39 is 0 Å². The van der Waals surface area contributed by atoms with Gasteiger partial charge in [-0.15, -0.1) is 0 Å². The summed E-state index contributed by atoms with van der Waals surface area (Å²) in [7, 11) is 0. The van der Waals surface area contributed by atoms with Gasteiger partial charge in [0.05, 0.1) is 6.61 Å². The zero-order valence-electron chi connectivity index (χ0n) is 14.1. The van der Waals surface area contributed by atoms with Crippen LogP contribution in [0.5, 0.6) is 0 Å². The number of likely N-dealkylation sites (tertiary alicyclic amines) is 1. The topological polar surface area (TPSA) is 81.7 Å². The normalized spacial score (nSPS) is 22.9. The molecule has 2 amide bonds. The maximum atomic E-state index is 11.8. The summed E-state index contributed by atoms with van der Waals surface area (Å²) in [5, 5.41) is 15.2.